The molecule has 0 amide bonds. The topological polar surface area (TPSA) is 52.6 Å². The maximum Gasteiger partial charge on any atom is 0.305 e. The minimum Gasteiger partial charge on any atom is -0.496 e. The molecule has 0 saturated heterocycles. The summed E-state index contributed by atoms with van der Waals surface area (Å²) in [6.07, 6.45) is 13.2. The molecule has 0 unspecified atom stereocenters. The van der Waals surface area contributed by atoms with Gasteiger partial charge < -0.3 is 9.47 Å². The lowest BCUT2D eigenvalue weighted by atomic mass is 9.86. The predicted octanol–water partition coefficient (Wildman–Crippen LogP) is 5.78. The SMILES string of the molecule is CCCCCC(=O)/C=C/[C@@H]1CCC[C@@H]1c1cccc(CCCC(=O)OC)c1OC. The Morgan fingerprint density at radius 2 is 1.93 bits per heavy atom. The second-order valence-electron chi connectivity index (χ2n) is 7.95. The second-order valence-corrected chi connectivity index (χ2v) is 7.95. The van der Waals surface area contributed by atoms with Gasteiger partial charge in [-0.05, 0) is 61.1 Å². The van der Waals surface area contributed by atoms with E-state index >= 15 is 0 Å². The van der Waals surface area contributed by atoms with Gasteiger partial charge in [0, 0.05) is 12.8 Å². The molecular weight excluding hydrogens is 364 g/mol. The van der Waals surface area contributed by atoms with Gasteiger partial charge in [0.1, 0.15) is 5.75 Å². The Morgan fingerprint density at radius 3 is 2.66 bits per heavy atom. The summed E-state index contributed by atoms with van der Waals surface area (Å²) in [4.78, 5) is 23.5. The van der Waals surface area contributed by atoms with Crippen molar-refractivity contribution in [1.82, 2.24) is 0 Å². The van der Waals surface area contributed by atoms with Crippen LogP contribution in [0.5, 0.6) is 5.75 Å². The van der Waals surface area contributed by atoms with E-state index in [2.05, 4.69) is 31.2 Å². The lowest BCUT2D eigenvalue weighted by Crippen LogP contribution is -2.08. The largest absolute Gasteiger partial charge is 0.496 e. The summed E-state index contributed by atoms with van der Waals surface area (Å²) in [5.74, 6) is 1.77. The van der Waals surface area contributed by atoms with Gasteiger partial charge in [-0.1, -0.05) is 50.5 Å². The lowest BCUT2D eigenvalue weighted by Gasteiger charge is -2.22. The fourth-order valence-corrected chi connectivity index (χ4v) is 4.34. The van der Waals surface area contributed by atoms with Crippen LogP contribution in [0.4, 0.5) is 0 Å². The summed E-state index contributed by atoms with van der Waals surface area (Å²) in [6, 6.07) is 6.32. The molecule has 0 aliphatic heterocycles. The van der Waals surface area contributed by atoms with E-state index in [1.54, 1.807) is 7.11 Å². The monoisotopic (exact) mass is 400 g/mol. The zero-order chi connectivity index (χ0) is 21.1. The molecule has 2 atom stereocenters. The Morgan fingerprint density at radius 1 is 1.10 bits per heavy atom. The number of methoxy groups -OCH3 is 2. The highest BCUT2D eigenvalue weighted by atomic mass is 16.5. The number of hydrogen-bond acceptors (Lipinski definition) is 4. The van der Waals surface area contributed by atoms with Crippen molar-refractivity contribution in [2.45, 2.75) is 77.0 Å². The van der Waals surface area contributed by atoms with Gasteiger partial charge in [0.2, 0.25) is 0 Å². The molecule has 1 aliphatic rings. The van der Waals surface area contributed by atoms with Crippen molar-refractivity contribution in [2.75, 3.05) is 14.2 Å². The summed E-state index contributed by atoms with van der Waals surface area (Å²) in [7, 11) is 3.14. The van der Waals surface area contributed by atoms with E-state index in [1.807, 2.05) is 6.08 Å². The first kappa shape index (κ1) is 23.2. The highest BCUT2D eigenvalue weighted by Crippen LogP contribution is 2.44. The van der Waals surface area contributed by atoms with Crippen LogP contribution in [0.2, 0.25) is 0 Å². The molecule has 2 rings (SSSR count). The van der Waals surface area contributed by atoms with Gasteiger partial charge in [0.05, 0.1) is 14.2 Å². The van der Waals surface area contributed by atoms with E-state index in [1.165, 1.54) is 19.1 Å². The van der Waals surface area contributed by atoms with Crippen LogP contribution in [0.25, 0.3) is 0 Å². The Kier molecular flexibility index (Phi) is 9.96. The van der Waals surface area contributed by atoms with E-state index in [-0.39, 0.29) is 11.8 Å². The van der Waals surface area contributed by atoms with Gasteiger partial charge in [-0.25, -0.2) is 0 Å². The zero-order valence-corrected chi connectivity index (χ0v) is 18.2. The number of aryl methyl sites for hydroxylation is 1. The molecule has 1 fully saturated rings. The Labute approximate surface area is 175 Å². The number of benzene rings is 1. The number of allylic oxidation sites excluding steroid dienone is 2. The van der Waals surface area contributed by atoms with Crippen LogP contribution < -0.4 is 4.74 Å². The first-order valence-corrected chi connectivity index (χ1v) is 11.0. The molecule has 4 nitrogen and oxygen atoms in total. The quantitative estimate of drug-likeness (QED) is 0.253. The van der Waals surface area contributed by atoms with Gasteiger partial charge in [-0.3, -0.25) is 9.59 Å². The van der Waals surface area contributed by atoms with Crippen LogP contribution in [0, 0.1) is 5.92 Å². The third kappa shape index (κ3) is 7.02. The van der Waals surface area contributed by atoms with Crippen LogP contribution in [0.15, 0.2) is 30.4 Å². The number of carbonyl (C=O) groups is 2. The predicted molar refractivity (Wildman–Crippen MR) is 116 cm³/mol. The first-order valence-electron chi connectivity index (χ1n) is 11.0. The molecular formula is C25H36O4. The van der Waals surface area contributed by atoms with Crippen molar-refractivity contribution in [1.29, 1.82) is 0 Å². The minimum atomic E-state index is -0.176. The smallest absolute Gasteiger partial charge is 0.305 e. The fourth-order valence-electron chi connectivity index (χ4n) is 4.34. The molecule has 0 bridgehead atoms. The number of para-hydroxylation sites is 1. The van der Waals surface area contributed by atoms with Crippen molar-refractivity contribution in [2.24, 2.45) is 5.92 Å². The molecule has 0 N–H and O–H groups in total. The highest BCUT2D eigenvalue weighted by molar-refractivity contribution is 5.89. The average Bonchev–Trinajstić information content (AvgIpc) is 3.20. The standard InChI is InChI=1S/C25H36O4/c1-4-5-6-13-21(26)18-17-19-10-7-14-22(19)23-15-8-11-20(25(23)29-3)12-9-16-24(27)28-2/h8,11,15,17-19,22H,4-7,9-10,12-14,16H2,1-3H3/b18-17+/t19-,22-/m0/s1. The highest BCUT2D eigenvalue weighted by Gasteiger charge is 2.29. The van der Waals surface area contributed by atoms with Gasteiger partial charge >= 0.3 is 5.97 Å². The first-order chi connectivity index (χ1) is 14.1. The van der Waals surface area contributed by atoms with E-state index < -0.39 is 0 Å². The van der Waals surface area contributed by atoms with Crippen molar-refractivity contribution in [3.05, 3.63) is 41.5 Å². The van der Waals surface area contributed by atoms with Crippen LogP contribution in [-0.4, -0.2) is 26.0 Å². The summed E-state index contributed by atoms with van der Waals surface area (Å²) in [5.41, 5.74) is 2.37. The molecule has 160 valence electrons. The van der Waals surface area contributed by atoms with Gasteiger partial charge in [-0.2, -0.15) is 0 Å². The molecule has 1 aliphatic carbocycles. The molecule has 1 aromatic carbocycles. The lowest BCUT2D eigenvalue weighted by molar-refractivity contribution is -0.140. The Balaban J connectivity index is 2.08. The van der Waals surface area contributed by atoms with Gasteiger partial charge in [-0.15, -0.1) is 0 Å². The molecule has 1 saturated carbocycles. The molecule has 0 aromatic heterocycles. The van der Waals surface area contributed by atoms with E-state index in [0.29, 0.717) is 24.7 Å². The molecule has 1 aromatic rings. The summed E-state index contributed by atoms with van der Waals surface area (Å²) in [6.45, 7) is 2.15. The second kappa shape index (κ2) is 12.5. The van der Waals surface area contributed by atoms with Crippen LogP contribution in [-0.2, 0) is 20.7 Å². The van der Waals surface area contributed by atoms with E-state index in [0.717, 1.165) is 56.3 Å². The van der Waals surface area contributed by atoms with Crippen molar-refractivity contribution in [3.8, 4) is 5.75 Å². The molecule has 0 radical (unpaired) electrons. The molecule has 0 spiro atoms. The van der Waals surface area contributed by atoms with Crippen molar-refractivity contribution >= 4 is 11.8 Å². The zero-order valence-electron chi connectivity index (χ0n) is 18.2. The van der Waals surface area contributed by atoms with E-state index in [4.69, 9.17) is 9.47 Å². The van der Waals surface area contributed by atoms with Crippen LogP contribution in [0.1, 0.15) is 81.8 Å². The van der Waals surface area contributed by atoms with Gasteiger partial charge in [0.15, 0.2) is 5.78 Å². The summed E-state index contributed by atoms with van der Waals surface area (Å²) < 4.78 is 10.5. The maximum absolute atomic E-state index is 12.1. The third-order valence-corrected chi connectivity index (χ3v) is 5.91. The molecule has 29 heavy (non-hydrogen) atoms. The summed E-state index contributed by atoms with van der Waals surface area (Å²) in [5, 5.41) is 0. The number of unbranched alkanes of at least 4 members (excludes halogenated alkanes) is 2. The molecule has 4 heteroatoms. The minimum absolute atomic E-state index is 0.176. The van der Waals surface area contributed by atoms with Crippen LogP contribution in [0.3, 0.4) is 0 Å². The molecule has 0 heterocycles. The van der Waals surface area contributed by atoms with Gasteiger partial charge in [0.25, 0.3) is 0 Å². The third-order valence-electron chi connectivity index (χ3n) is 5.91. The fraction of sp³-hybridized carbons (Fsp3) is 0.600. The maximum atomic E-state index is 12.1. The van der Waals surface area contributed by atoms with Crippen molar-refractivity contribution < 1.29 is 19.1 Å². The number of carbonyl (C=O) groups excluding carboxylic acids is 2. The number of esters is 1. The average molecular weight is 401 g/mol. The number of hydrogen-bond donors (Lipinski definition) is 0. The number of rotatable bonds is 12. The van der Waals surface area contributed by atoms with Crippen LogP contribution >= 0.6 is 0 Å². The van der Waals surface area contributed by atoms with Crippen molar-refractivity contribution in [3.63, 3.8) is 0 Å². The number of ketones is 1. The Hall–Kier alpha value is -2.10. The van der Waals surface area contributed by atoms with E-state index in [9.17, 15) is 9.59 Å². The normalized spacial score (nSPS) is 18.9. The Bertz CT molecular complexity index is 692. The number of ether oxygens (including phenoxy) is 2. The summed E-state index contributed by atoms with van der Waals surface area (Å²) >= 11 is 0.